The third kappa shape index (κ3) is 7.26. The summed E-state index contributed by atoms with van der Waals surface area (Å²) in [6, 6.07) is 10.5. The third-order valence-electron chi connectivity index (χ3n) is 2.60. The molecule has 124 valence electrons. The summed E-state index contributed by atoms with van der Waals surface area (Å²) < 4.78 is 30.1. The van der Waals surface area contributed by atoms with Gasteiger partial charge in [-0.05, 0) is 50.2 Å². The van der Waals surface area contributed by atoms with Crippen LogP contribution in [0.4, 0.5) is 20.2 Å². The quantitative estimate of drug-likeness (QED) is 0.817. The van der Waals surface area contributed by atoms with Crippen molar-refractivity contribution in [1.29, 1.82) is 0 Å². The minimum atomic E-state index is -0.565. The van der Waals surface area contributed by atoms with E-state index >= 15 is 0 Å². The molecule has 0 atom stereocenters. The maximum Gasteiger partial charge on any atom is 0.211 e. The number of halogens is 2. The van der Waals surface area contributed by atoms with Crippen molar-refractivity contribution in [2.75, 3.05) is 17.7 Å². The first-order valence-corrected chi connectivity index (χ1v) is 7.05. The summed E-state index contributed by atoms with van der Waals surface area (Å²) in [5.74, 6) is -0.319. The Morgan fingerprint density at radius 2 is 1.57 bits per heavy atom. The number of ether oxygens (including phenoxy) is 1. The van der Waals surface area contributed by atoms with E-state index < -0.39 is 11.6 Å². The minimum Gasteiger partial charge on any atom is -0.491 e. The molecule has 0 aliphatic carbocycles. The van der Waals surface area contributed by atoms with Gasteiger partial charge in [-0.15, -0.1) is 0 Å². The lowest BCUT2D eigenvalue weighted by molar-refractivity contribution is -0.105. The summed E-state index contributed by atoms with van der Waals surface area (Å²) in [6.07, 6.45) is 0.822. The fourth-order valence-electron chi connectivity index (χ4n) is 1.67. The van der Waals surface area contributed by atoms with E-state index in [1.165, 1.54) is 12.1 Å². The maximum atomic E-state index is 12.3. The summed E-state index contributed by atoms with van der Waals surface area (Å²) in [5, 5.41) is 5.18. The normalized spacial score (nSPS) is 9.65. The van der Waals surface area contributed by atoms with Gasteiger partial charge in [-0.3, -0.25) is 4.79 Å². The Morgan fingerprint density at radius 1 is 1.00 bits per heavy atom. The molecule has 0 aliphatic rings. The maximum absolute atomic E-state index is 12.3. The van der Waals surface area contributed by atoms with Gasteiger partial charge in [-0.1, -0.05) is 0 Å². The predicted octanol–water partition coefficient (Wildman–Crippen LogP) is 4.05. The highest BCUT2D eigenvalue weighted by molar-refractivity contribution is 5.71. The van der Waals surface area contributed by atoms with E-state index in [1.807, 2.05) is 26.0 Å². The highest BCUT2D eigenvalue weighted by atomic mass is 19.1. The smallest absolute Gasteiger partial charge is 0.211 e. The molecule has 4 nitrogen and oxygen atoms in total. The first-order chi connectivity index (χ1) is 10.9. The lowest BCUT2D eigenvalue weighted by Crippen LogP contribution is -2.05. The number of carbonyl (C=O) groups excluding carboxylic acids is 1. The summed E-state index contributed by atoms with van der Waals surface area (Å²) in [6.45, 7) is 3.94. The van der Waals surface area contributed by atoms with Crippen molar-refractivity contribution >= 4 is 17.8 Å². The van der Waals surface area contributed by atoms with Gasteiger partial charge in [0.05, 0.1) is 6.10 Å². The molecule has 6 heteroatoms. The lowest BCUT2D eigenvalue weighted by atomic mass is 10.3. The molecule has 2 N–H and O–H groups in total. The van der Waals surface area contributed by atoms with Gasteiger partial charge < -0.3 is 15.4 Å². The van der Waals surface area contributed by atoms with Crippen molar-refractivity contribution in [2.45, 2.75) is 20.0 Å². The second-order valence-corrected chi connectivity index (χ2v) is 4.86. The van der Waals surface area contributed by atoms with Crippen LogP contribution >= 0.6 is 0 Å². The fraction of sp³-hybridized carbons (Fsp3) is 0.235. The molecule has 0 saturated heterocycles. The van der Waals surface area contributed by atoms with Crippen LogP contribution in [0.25, 0.3) is 0 Å². The third-order valence-corrected chi connectivity index (χ3v) is 2.60. The van der Waals surface area contributed by atoms with E-state index in [9.17, 15) is 13.6 Å². The van der Waals surface area contributed by atoms with E-state index in [1.54, 1.807) is 19.2 Å². The summed E-state index contributed by atoms with van der Waals surface area (Å²) in [5.41, 5.74) is 1.21. The van der Waals surface area contributed by atoms with Gasteiger partial charge in [0.15, 0.2) is 0 Å². The molecular weight excluding hydrogens is 302 g/mol. The van der Waals surface area contributed by atoms with Gasteiger partial charge in [-0.2, -0.15) is 0 Å². The first kappa shape index (κ1) is 18.4. The Hall–Kier alpha value is -2.63. The predicted molar refractivity (Wildman–Crippen MR) is 87.8 cm³/mol. The SMILES string of the molecule is CC(C)Oc1ccc(NC=O)cc1.CNc1cc(F)cc(F)c1. The second kappa shape index (κ2) is 9.40. The average Bonchev–Trinajstić information content (AvgIpc) is 2.48. The number of carbonyl (C=O) groups is 1. The van der Waals surface area contributed by atoms with Crippen LogP contribution in [0.1, 0.15) is 13.8 Å². The van der Waals surface area contributed by atoms with Crippen LogP contribution < -0.4 is 15.4 Å². The van der Waals surface area contributed by atoms with Crippen LogP contribution in [0.15, 0.2) is 42.5 Å². The zero-order chi connectivity index (χ0) is 17.2. The molecule has 2 aromatic rings. The van der Waals surface area contributed by atoms with Crippen molar-refractivity contribution in [1.82, 2.24) is 0 Å². The Morgan fingerprint density at radius 3 is 2.00 bits per heavy atom. The Balaban J connectivity index is 0.000000238. The van der Waals surface area contributed by atoms with Gasteiger partial charge >= 0.3 is 0 Å². The molecule has 2 rings (SSSR count). The summed E-state index contributed by atoms with van der Waals surface area (Å²) in [4.78, 5) is 10.1. The van der Waals surface area contributed by atoms with Crippen molar-refractivity contribution in [3.63, 3.8) is 0 Å². The van der Waals surface area contributed by atoms with Crippen LogP contribution in [0, 0.1) is 11.6 Å². The molecule has 0 bridgehead atoms. The van der Waals surface area contributed by atoms with E-state index in [0.717, 1.165) is 17.5 Å². The first-order valence-electron chi connectivity index (χ1n) is 7.05. The van der Waals surface area contributed by atoms with Gasteiger partial charge in [0.25, 0.3) is 0 Å². The fourth-order valence-corrected chi connectivity index (χ4v) is 1.67. The highest BCUT2D eigenvalue weighted by Crippen LogP contribution is 2.16. The number of benzene rings is 2. The Bertz CT molecular complexity index is 596. The summed E-state index contributed by atoms with van der Waals surface area (Å²) >= 11 is 0. The van der Waals surface area contributed by atoms with Crippen molar-refractivity contribution in [3.05, 3.63) is 54.1 Å². The Kier molecular flexibility index (Phi) is 7.53. The summed E-state index contributed by atoms with van der Waals surface area (Å²) in [7, 11) is 1.61. The van der Waals surface area contributed by atoms with Gasteiger partial charge in [-0.25, -0.2) is 8.78 Å². The van der Waals surface area contributed by atoms with E-state index in [2.05, 4.69) is 10.6 Å². The number of nitrogens with one attached hydrogen (secondary N) is 2. The van der Waals surface area contributed by atoms with Crippen LogP contribution in [-0.4, -0.2) is 19.6 Å². The van der Waals surface area contributed by atoms with Crippen LogP contribution in [0.3, 0.4) is 0 Å². The number of hydrogen-bond donors (Lipinski definition) is 2. The van der Waals surface area contributed by atoms with Crippen LogP contribution in [0.2, 0.25) is 0 Å². The van der Waals surface area contributed by atoms with Crippen molar-refractivity contribution < 1.29 is 18.3 Å². The second-order valence-electron chi connectivity index (χ2n) is 4.86. The Labute approximate surface area is 134 Å². The van der Waals surface area contributed by atoms with Crippen molar-refractivity contribution in [3.8, 4) is 5.75 Å². The molecule has 0 saturated carbocycles. The van der Waals surface area contributed by atoms with E-state index in [0.29, 0.717) is 12.1 Å². The molecule has 1 amide bonds. The number of amides is 1. The molecule has 0 aromatic heterocycles. The molecule has 0 aliphatic heterocycles. The highest BCUT2D eigenvalue weighted by Gasteiger charge is 1.97. The molecular formula is C17H20F2N2O2. The number of anilines is 2. The van der Waals surface area contributed by atoms with Gasteiger partial charge in [0, 0.05) is 24.5 Å². The minimum absolute atomic E-state index is 0.171. The molecule has 2 aromatic carbocycles. The molecule has 23 heavy (non-hydrogen) atoms. The average molecular weight is 322 g/mol. The molecule has 0 radical (unpaired) electrons. The topological polar surface area (TPSA) is 50.4 Å². The van der Waals surface area contributed by atoms with E-state index in [4.69, 9.17) is 4.74 Å². The van der Waals surface area contributed by atoms with E-state index in [-0.39, 0.29) is 6.10 Å². The zero-order valence-electron chi connectivity index (χ0n) is 13.3. The lowest BCUT2D eigenvalue weighted by Gasteiger charge is -2.09. The standard InChI is InChI=1S/C10H13NO2.C7H7F2N/c1-8(2)13-10-5-3-9(4-6-10)11-7-12;1-10-7-3-5(8)2-6(9)4-7/h3-8H,1-2H3,(H,11,12);2-4,10H,1H3. The number of hydrogen-bond acceptors (Lipinski definition) is 3. The monoisotopic (exact) mass is 322 g/mol. The van der Waals surface area contributed by atoms with Crippen LogP contribution in [-0.2, 0) is 4.79 Å². The molecule has 0 heterocycles. The zero-order valence-corrected chi connectivity index (χ0v) is 13.3. The van der Waals surface area contributed by atoms with Crippen molar-refractivity contribution in [2.24, 2.45) is 0 Å². The largest absolute Gasteiger partial charge is 0.491 e. The van der Waals surface area contributed by atoms with Gasteiger partial charge in [0.2, 0.25) is 6.41 Å². The molecule has 0 unspecified atom stereocenters. The number of rotatable bonds is 5. The molecule has 0 spiro atoms. The molecule has 0 fully saturated rings. The van der Waals surface area contributed by atoms with Crippen LogP contribution in [0.5, 0.6) is 5.75 Å². The van der Waals surface area contributed by atoms with Gasteiger partial charge in [0.1, 0.15) is 17.4 Å².